The third-order valence-electron chi connectivity index (χ3n) is 13.6. The van der Waals surface area contributed by atoms with Crippen molar-refractivity contribution in [1.82, 2.24) is 4.90 Å². The van der Waals surface area contributed by atoms with Gasteiger partial charge in [-0.15, -0.1) is 0 Å². The fourth-order valence-corrected chi connectivity index (χ4v) is 11.3. The van der Waals surface area contributed by atoms with E-state index in [1.165, 1.54) is 44.1 Å². The highest BCUT2D eigenvalue weighted by Crippen LogP contribution is 2.68. The summed E-state index contributed by atoms with van der Waals surface area (Å²) in [7, 11) is 4.00. The summed E-state index contributed by atoms with van der Waals surface area (Å²) in [5, 5.41) is 8.83. The standard InChI is InChI=1S/C40H61ClN2O3.C6H9Cl.C2H4O2.2C2H6.BH2N/c1-26(2)34-32(44)24-40(22-23-43(36(45)46-37(4,5)6)25-28-12-14-29(41)15-13-28)21-18-31-30(35(34)40)16-17-33-38(7,27(3)42)19-10-9-11-20-39(31,33)8;1-3-5-6(7)4-2;1-2(3)4;3*1-2/h12-15,26-27,30-31,33H,9-11,16-25,42H2,1-8H3;4-5H,2-3H2,1H3;1H3,(H,3,4);2*1-2H3;2H2/b;6-5+;;;;. The minimum Gasteiger partial charge on any atom is -0.481 e. The van der Waals surface area contributed by atoms with E-state index in [2.05, 4.69) is 54.8 Å². The van der Waals surface area contributed by atoms with Crippen molar-refractivity contribution in [2.45, 2.75) is 192 Å². The zero-order valence-electron chi connectivity index (χ0n) is 42.0. The van der Waals surface area contributed by atoms with Crippen molar-refractivity contribution in [1.29, 1.82) is 0 Å². The fourth-order valence-electron chi connectivity index (χ4n) is 11.0. The van der Waals surface area contributed by atoms with Gasteiger partial charge in [0.25, 0.3) is 5.97 Å². The first-order valence-electron chi connectivity index (χ1n) is 23.8. The normalized spacial score (nSPS) is 26.7. The van der Waals surface area contributed by atoms with Crippen LogP contribution >= 0.6 is 23.2 Å². The molecule has 4 aliphatic carbocycles. The Hall–Kier alpha value is -2.59. The Bertz CT molecular complexity index is 1620. The average Bonchev–Trinajstić information content (AvgIpc) is 3.53. The van der Waals surface area contributed by atoms with E-state index < -0.39 is 11.6 Å². The van der Waals surface area contributed by atoms with E-state index in [-0.39, 0.29) is 34.3 Å². The maximum Gasteiger partial charge on any atom is 0.410 e. The summed E-state index contributed by atoms with van der Waals surface area (Å²) in [6.07, 6.45) is 16.4. The first-order chi connectivity index (χ1) is 29.5. The summed E-state index contributed by atoms with van der Waals surface area (Å²) >= 11 is 11.7. The molecule has 0 heterocycles. The van der Waals surface area contributed by atoms with E-state index in [0.29, 0.717) is 48.1 Å². The molecule has 8 nitrogen and oxygen atoms in total. The van der Waals surface area contributed by atoms with Gasteiger partial charge in [-0.2, -0.15) is 0 Å². The highest BCUT2D eigenvalue weighted by molar-refractivity contribution is 6.31. The number of nitrogens with two attached hydrogens (primary N) is 2. The zero-order valence-corrected chi connectivity index (χ0v) is 43.5. The van der Waals surface area contributed by atoms with E-state index in [0.717, 1.165) is 55.2 Å². The van der Waals surface area contributed by atoms with Crippen molar-refractivity contribution in [3.63, 3.8) is 0 Å². The third-order valence-corrected chi connectivity index (χ3v) is 14.2. The van der Waals surface area contributed by atoms with E-state index >= 15 is 0 Å². The maximum absolute atomic E-state index is 14.0. The van der Waals surface area contributed by atoms with Crippen molar-refractivity contribution in [3.05, 3.63) is 69.8 Å². The van der Waals surface area contributed by atoms with Gasteiger partial charge in [-0.05, 0) is 137 Å². The molecule has 0 aromatic heterocycles. The SMILES string of the molecule is C=C/C(Cl)=C\CC.CC.CC.CC(=O)O.CC(C)C1=C2C3CCC4C(C)(C(C)N)CCCCCC4(C)C3CCC2(CCN(Cc2ccc(Cl)cc2)C(=O)OC(C)(C)C)CC1=O.[B]N. The second kappa shape index (κ2) is 28.5. The summed E-state index contributed by atoms with van der Waals surface area (Å²) in [6.45, 7) is 33.1. The topological polar surface area (TPSA) is 136 Å². The largest absolute Gasteiger partial charge is 0.481 e. The van der Waals surface area contributed by atoms with Crippen molar-refractivity contribution in [2.75, 3.05) is 6.54 Å². The Labute approximate surface area is 396 Å². The molecule has 358 valence electrons. The molecule has 11 heteroatoms. The number of carboxylic acids is 1. The molecule has 1 aromatic carbocycles. The lowest BCUT2D eigenvalue weighted by Gasteiger charge is -2.62. The van der Waals surface area contributed by atoms with Crippen LogP contribution in [0.25, 0.3) is 0 Å². The average molecular weight is 917 g/mol. The Morgan fingerprint density at radius 1 is 1.00 bits per heavy atom. The smallest absolute Gasteiger partial charge is 0.410 e. The van der Waals surface area contributed by atoms with E-state index in [1.54, 1.807) is 6.08 Å². The minimum absolute atomic E-state index is 0.144. The Morgan fingerprint density at radius 3 is 2.03 bits per heavy atom. The lowest BCUT2D eigenvalue weighted by atomic mass is 9.42. The number of carbonyl (C=O) groups is 3. The number of ketones is 1. The van der Waals surface area contributed by atoms with Gasteiger partial charge in [-0.1, -0.05) is 141 Å². The van der Waals surface area contributed by atoms with Crippen LogP contribution in [0.1, 0.15) is 180 Å². The number of amides is 1. The van der Waals surface area contributed by atoms with Gasteiger partial charge in [0.15, 0.2) is 13.8 Å². The van der Waals surface area contributed by atoms with E-state index in [1.807, 2.05) is 90.6 Å². The molecule has 63 heavy (non-hydrogen) atoms. The fraction of sp³-hybridized carbons (Fsp3) is 0.712. The van der Waals surface area contributed by atoms with Crippen LogP contribution in [0.3, 0.4) is 0 Å². The Kier molecular flexibility index (Phi) is 27.3. The van der Waals surface area contributed by atoms with Gasteiger partial charge in [0.2, 0.25) is 0 Å². The molecule has 2 radical (unpaired) electrons. The zero-order chi connectivity index (χ0) is 48.9. The Morgan fingerprint density at radius 2 is 1.56 bits per heavy atom. The lowest BCUT2D eigenvalue weighted by molar-refractivity contribution is -0.134. The number of Topliss-reactive ketones (excluding diaryl/α,β-unsaturated/α-hetero) is 1. The van der Waals surface area contributed by atoms with Crippen molar-refractivity contribution in [2.24, 2.45) is 51.3 Å². The molecule has 4 aliphatic rings. The minimum atomic E-state index is -0.833. The summed E-state index contributed by atoms with van der Waals surface area (Å²) in [4.78, 5) is 38.5. The van der Waals surface area contributed by atoms with Crippen LogP contribution in [-0.4, -0.2) is 54.0 Å². The number of hydrogen-bond acceptors (Lipinski definition) is 6. The number of ether oxygens (including phenoxy) is 1. The molecule has 1 aromatic rings. The van der Waals surface area contributed by atoms with Crippen LogP contribution in [0.5, 0.6) is 0 Å². The first kappa shape index (κ1) is 60.4. The van der Waals surface area contributed by atoms with Gasteiger partial charge >= 0.3 is 6.09 Å². The molecule has 7 atom stereocenters. The molecule has 5 rings (SSSR count). The van der Waals surface area contributed by atoms with Crippen molar-refractivity contribution in [3.8, 4) is 0 Å². The number of allylic oxidation sites excluding steroid dienone is 5. The molecule has 0 bridgehead atoms. The monoisotopic (exact) mass is 916 g/mol. The predicted octanol–water partition coefficient (Wildman–Crippen LogP) is 14.0. The number of halogens is 2. The quantitative estimate of drug-likeness (QED) is 0.166. The number of fused-ring (bicyclic) bond motifs is 5. The highest BCUT2D eigenvalue weighted by atomic mass is 35.5. The van der Waals surface area contributed by atoms with Crippen LogP contribution < -0.4 is 11.4 Å². The van der Waals surface area contributed by atoms with Crippen LogP contribution in [-0.2, 0) is 20.9 Å². The summed E-state index contributed by atoms with van der Waals surface area (Å²) in [5.74, 6) is 1.33. The molecule has 0 aliphatic heterocycles. The second-order valence-electron chi connectivity index (χ2n) is 19.1. The van der Waals surface area contributed by atoms with Gasteiger partial charge in [0.05, 0.1) is 0 Å². The summed E-state index contributed by atoms with van der Waals surface area (Å²) in [5.41, 5.74) is 14.0. The van der Waals surface area contributed by atoms with Gasteiger partial charge in [-0.25, -0.2) is 4.79 Å². The predicted molar refractivity (Wildman–Crippen MR) is 269 cm³/mol. The highest BCUT2D eigenvalue weighted by Gasteiger charge is 2.61. The number of aliphatic carboxylic acids is 1. The molecule has 5 N–H and O–H groups in total. The van der Waals surface area contributed by atoms with Crippen molar-refractivity contribution >= 4 is 49.0 Å². The molecule has 1 amide bonds. The first-order valence-corrected chi connectivity index (χ1v) is 24.6. The maximum atomic E-state index is 14.0. The number of nitrogens with zero attached hydrogens (tertiary/aromatic N) is 1. The molecule has 7 unspecified atom stereocenters. The van der Waals surface area contributed by atoms with Crippen LogP contribution in [0.4, 0.5) is 4.79 Å². The number of hydrogen-bond donors (Lipinski definition) is 3. The van der Waals surface area contributed by atoms with Crippen LogP contribution in [0.15, 0.2) is 59.2 Å². The lowest BCUT2D eigenvalue weighted by Crippen LogP contribution is -2.57. The molecule has 3 fully saturated rings. The molecular formula is C52H88BCl2N3O5. The molecule has 0 saturated heterocycles. The number of carboxylic acid groups (broad SMARTS) is 1. The van der Waals surface area contributed by atoms with Gasteiger partial charge in [0.1, 0.15) is 5.60 Å². The number of benzene rings is 1. The number of rotatable bonds is 9. The second-order valence-corrected chi connectivity index (χ2v) is 20.0. The summed E-state index contributed by atoms with van der Waals surface area (Å²) in [6, 6.07) is 7.88. The summed E-state index contributed by atoms with van der Waals surface area (Å²) < 4.78 is 5.92. The van der Waals surface area contributed by atoms with E-state index in [4.69, 9.17) is 43.6 Å². The van der Waals surface area contributed by atoms with Gasteiger partial charge < -0.3 is 26.1 Å². The third kappa shape index (κ3) is 17.0. The molecule has 0 spiro atoms. The number of carbonyl (C=O) groups excluding carboxylic acids is 2. The Balaban J connectivity index is 0.00000195. The molecular weight excluding hydrogens is 828 g/mol. The molecule has 3 saturated carbocycles. The van der Waals surface area contributed by atoms with Gasteiger partial charge in [0, 0.05) is 47.9 Å². The van der Waals surface area contributed by atoms with Crippen LogP contribution in [0.2, 0.25) is 5.02 Å². The van der Waals surface area contributed by atoms with Crippen molar-refractivity contribution < 1.29 is 24.2 Å². The van der Waals surface area contributed by atoms with Crippen LogP contribution in [0, 0.1) is 39.9 Å². The van der Waals surface area contributed by atoms with E-state index in [9.17, 15) is 9.59 Å². The van der Waals surface area contributed by atoms with Gasteiger partial charge in [-0.3, -0.25) is 9.59 Å².